The van der Waals surface area contributed by atoms with E-state index in [4.69, 9.17) is 11.5 Å². The summed E-state index contributed by atoms with van der Waals surface area (Å²) in [5, 5.41) is 9.02. The normalized spacial score (nSPS) is 28.2. The van der Waals surface area contributed by atoms with Crippen molar-refractivity contribution in [2.24, 2.45) is 0 Å². The fourth-order valence-electron chi connectivity index (χ4n) is 1.08. The number of hydrogen-bond donors (Lipinski definition) is 1. The van der Waals surface area contributed by atoms with E-state index in [1.54, 1.807) is 0 Å². The summed E-state index contributed by atoms with van der Waals surface area (Å²) in [4.78, 5) is 2.07. The van der Waals surface area contributed by atoms with Gasteiger partial charge in [-0.25, -0.2) is 0 Å². The Morgan fingerprint density at radius 3 is 3.00 bits per heavy atom. The molecule has 0 saturated carbocycles. The van der Waals surface area contributed by atoms with E-state index in [2.05, 4.69) is 10.8 Å². The minimum Gasteiger partial charge on any atom is -0.392 e. The van der Waals surface area contributed by atoms with Gasteiger partial charge in [-0.2, -0.15) is 0 Å². The van der Waals surface area contributed by atoms with Crippen molar-refractivity contribution in [3.8, 4) is 12.3 Å². The first kappa shape index (κ1) is 6.60. The quantitative estimate of drug-likeness (QED) is 0.486. The van der Waals surface area contributed by atoms with Crippen LogP contribution in [0.25, 0.3) is 0 Å². The van der Waals surface area contributed by atoms with E-state index in [0.29, 0.717) is 6.54 Å². The van der Waals surface area contributed by atoms with Gasteiger partial charge in [0.15, 0.2) is 0 Å². The molecule has 1 atom stereocenters. The highest BCUT2D eigenvalue weighted by atomic mass is 16.3. The number of hydrogen-bond acceptors (Lipinski definition) is 2. The monoisotopic (exact) mass is 125 g/mol. The zero-order valence-electron chi connectivity index (χ0n) is 5.38. The molecule has 1 fully saturated rings. The number of rotatable bonds is 1. The van der Waals surface area contributed by atoms with Gasteiger partial charge in [0, 0.05) is 13.1 Å². The summed E-state index contributed by atoms with van der Waals surface area (Å²) in [6.45, 7) is 2.38. The van der Waals surface area contributed by atoms with Gasteiger partial charge >= 0.3 is 0 Å². The van der Waals surface area contributed by atoms with Crippen molar-refractivity contribution in [3.63, 3.8) is 0 Å². The van der Waals surface area contributed by atoms with Crippen molar-refractivity contribution >= 4 is 0 Å². The predicted octanol–water partition coefficient (Wildman–Crippen LogP) is -0.314. The van der Waals surface area contributed by atoms with E-state index in [1.807, 2.05) is 0 Å². The van der Waals surface area contributed by atoms with Crippen molar-refractivity contribution in [2.75, 3.05) is 19.6 Å². The Balaban J connectivity index is 2.24. The average Bonchev–Trinajstić information content (AvgIpc) is 2.17. The number of nitrogens with zero attached hydrogens (tertiary/aromatic N) is 1. The lowest BCUT2D eigenvalue weighted by Gasteiger charge is -2.08. The van der Waals surface area contributed by atoms with Gasteiger partial charge in [-0.15, -0.1) is 6.42 Å². The lowest BCUT2D eigenvalue weighted by Crippen LogP contribution is -2.21. The second-order valence-corrected chi connectivity index (χ2v) is 2.38. The van der Waals surface area contributed by atoms with Crippen molar-refractivity contribution in [2.45, 2.75) is 12.5 Å². The van der Waals surface area contributed by atoms with Gasteiger partial charge in [-0.3, -0.25) is 4.90 Å². The average molecular weight is 125 g/mol. The first-order valence-electron chi connectivity index (χ1n) is 3.17. The molecular weight excluding hydrogens is 114 g/mol. The molecule has 1 N–H and O–H groups in total. The van der Waals surface area contributed by atoms with Gasteiger partial charge in [0.2, 0.25) is 0 Å². The number of likely N-dealkylation sites (tertiary alicyclic amines) is 1. The Morgan fingerprint density at radius 2 is 2.56 bits per heavy atom. The Bertz CT molecular complexity index is 127. The molecule has 1 aliphatic heterocycles. The van der Waals surface area contributed by atoms with Crippen LogP contribution in [-0.2, 0) is 0 Å². The first-order valence-corrected chi connectivity index (χ1v) is 3.17. The Hall–Kier alpha value is -0.520. The molecule has 0 radical (unpaired) electrons. The maximum absolute atomic E-state index is 9.02. The topological polar surface area (TPSA) is 23.5 Å². The molecule has 0 bridgehead atoms. The summed E-state index contributed by atoms with van der Waals surface area (Å²) in [5.41, 5.74) is 0. The van der Waals surface area contributed by atoms with E-state index < -0.39 is 0 Å². The van der Waals surface area contributed by atoms with Gasteiger partial charge in [0.05, 0.1) is 12.6 Å². The Labute approximate surface area is 55.5 Å². The molecule has 0 aromatic heterocycles. The van der Waals surface area contributed by atoms with Gasteiger partial charge in [-0.1, -0.05) is 5.92 Å². The number of aliphatic hydroxyl groups excluding tert-OH is 1. The largest absolute Gasteiger partial charge is 0.392 e. The smallest absolute Gasteiger partial charge is 0.0679 e. The summed E-state index contributed by atoms with van der Waals surface area (Å²) in [6.07, 6.45) is 5.82. The summed E-state index contributed by atoms with van der Waals surface area (Å²) >= 11 is 0. The highest BCUT2D eigenvalue weighted by molar-refractivity contribution is 4.90. The Kier molecular flexibility index (Phi) is 2.10. The van der Waals surface area contributed by atoms with E-state index in [0.717, 1.165) is 19.5 Å². The molecule has 1 heterocycles. The van der Waals surface area contributed by atoms with Crippen LogP contribution in [0.5, 0.6) is 0 Å². The third kappa shape index (κ3) is 1.70. The summed E-state index contributed by atoms with van der Waals surface area (Å²) in [5.74, 6) is 2.54. The molecule has 1 rings (SSSR count). The molecular formula is C7H11NO. The van der Waals surface area contributed by atoms with Gasteiger partial charge in [0.1, 0.15) is 0 Å². The molecule has 1 saturated heterocycles. The van der Waals surface area contributed by atoms with Gasteiger partial charge < -0.3 is 5.11 Å². The number of β-amino-alcohol motifs (C(OH)–C–C–N with tert-alkyl or cyclic N) is 1. The van der Waals surface area contributed by atoms with Crippen molar-refractivity contribution in [1.29, 1.82) is 0 Å². The lowest BCUT2D eigenvalue weighted by molar-refractivity contribution is 0.180. The van der Waals surface area contributed by atoms with Gasteiger partial charge in [0.25, 0.3) is 0 Å². The second-order valence-electron chi connectivity index (χ2n) is 2.38. The third-order valence-electron chi connectivity index (χ3n) is 1.56. The zero-order valence-corrected chi connectivity index (χ0v) is 5.38. The first-order chi connectivity index (χ1) is 4.33. The van der Waals surface area contributed by atoms with Crippen LogP contribution in [0.3, 0.4) is 0 Å². The fourth-order valence-corrected chi connectivity index (χ4v) is 1.08. The van der Waals surface area contributed by atoms with Crippen molar-refractivity contribution in [3.05, 3.63) is 0 Å². The molecule has 9 heavy (non-hydrogen) atoms. The molecule has 0 spiro atoms. The zero-order chi connectivity index (χ0) is 6.69. The molecule has 50 valence electrons. The highest BCUT2D eigenvalue weighted by Crippen LogP contribution is 2.06. The molecule has 0 amide bonds. The van der Waals surface area contributed by atoms with E-state index >= 15 is 0 Å². The maximum Gasteiger partial charge on any atom is 0.0679 e. The van der Waals surface area contributed by atoms with Crippen LogP contribution in [0.1, 0.15) is 6.42 Å². The summed E-state index contributed by atoms with van der Waals surface area (Å²) < 4.78 is 0. The van der Waals surface area contributed by atoms with E-state index in [-0.39, 0.29) is 6.10 Å². The van der Waals surface area contributed by atoms with E-state index in [9.17, 15) is 0 Å². The number of terminal acetylenes is 1. The Morgan fingerprint density at radius 1 is 1.78 bits per heavy atom. The van der Waals surface area contributed by atoms with Crippen LogP contribution < -0.4 is 0 Å². The minimum atomic E-state index is -0.140. The molecule has 0 aromatic rings. The third-order valence-corrected chi connectivity index (χ3v) is 1.56. The van der Waals surface area contributed by atoms with Crippen molar-refractivity contribution in [1.82, 2.24) is 4.90 Å². The fraction of sp³-hybridized carbons (Fsp3) is 0.714. The van der Waals surface area contributed by atoms with Gasteiger partial charge in [-0.05, 0) is 6.42 Å². The van der Waals surface area contributed by atoms with Crippen LogP contribution in [0.2, 0.25) is 0 Å². The second kappa shape index (κ2) is 2.86. The molecule has 0 aliphatic carbocycles. The standard InChI is InChI=1S/C7H11NO/c1-2-4-8-5-3-7(9)6-8/h1,7,9H,3-6H2/t7-/m1/s1. The highest BCUT2D eigenvalue weighted by Gasteiger charge is 2.18. The van der Waals surface area contributed by atoms with Crippen LogP contribution in [-0.4, -0.2) is 35.7 Å². The van der Waals surface area contributed by atoms with Crippen LogP contribution in [0, 0.1) is 12.3 Å². The predicted molar refractivity (Wildman–Crippen MR) is 35.9 cm³/mol. The minimum absolute atomic E-state index is 0.140. The summed E-state index contributed by atoms with van der Waals surface area (Å²) in [7, 11) is 0. The van der Waals surface area contributed by atoms with E-state index in [1.165, 1.54) is 0 Å². The van der Waals surface area contributed by atoms with Crippen LogP contribution >= 0.6 is 0 Å². The van der Waals surface area contributed by atoms with Crippen LogP contribution in [0.15, 0.2) is 0 Å². The SMILES string of the molecule is C#CCN1CC[C@@H](O)C1. The number of aliphatic hydroxyl groups is 1. The molecule has 0 aromatic carbocycles. The van der Waals surface area contributed by atoms with Crippen molar-refractivity contribution < 1.29 is 5.11 Å². The molecule has 2 heteroatoms. The molecule has 2 nitrogen and oxygen atoms in total. The molecule has 1 aliphatic rings. The summed E-state index contributed by atoms with van der Waals surface area (Å²) in [6, 6.07) is 0. The molecule has 0 unspecified atom stereocenters. The maximum atomic E-state index is 9.02. The lowest BCUT2D eigenvalue weighted by atomic mass is 10.3. The van der Waals surface area contributed by atoms with Crippen LogP contribution in [0.4, 0.5) is 0 Å².